The average molecular weight is 344 g/mol. The summed E-state index contributed by atoms with van der Waals surface area (Å²) in [4.78, 5) is 29.8. The number of aliphatic hydroxyl groups excluding tert-OH is 1. The van der Waals surface area contributed by atoms with Gasteiger partial charge < -0.3 is 14.0 Å². The summed E-state index contributed by atoms with van der Waals surface area (Å²) in [6, 6.07) is 3.70. The topological polar surface area (TPSA) is 127 Å². The van der Waals surface area contributed by atoms with Crippen molar-refractivity contribution in [2.45, 2.75) is 19.9 Å². The summed E-state index contributed by atoms with van der Waals surface area (Å²) >= 11 is 0. The molecule has 0 amide bonds. The molecule has 0 atom stereocenters. The molecule has 3 aromatic heterocycles. The van der Waals surface area contributed by atoms with Crippen molar-refractivity contribution in [2.24, 2.45) is 0 Å². The first-order valence-corrected chi connectivity index (χ1v) is 7.66. The van der Waals surface area contributed by atoms with Crippen LogP contribution in [0.5, 0.6) is 0 Å². The van der Waals surface area contributed by atoms with E-state index >= 15 is 0 Å². The highest BCUT2D eigenvalue weighted by Gasteiger charge is 2.13. The Labute approximate surface area is 141 Å². The van der Waals surface area contributed by atoms with Gasteiger partial charge in [-0.15, -0.1) is 0 Å². The zero-order valence-electron chi connectivity index (χ0n) is 13.4. The van der Waals surface area contributed by atoms with E-state index < -0.39 is 11.2 Å². The molecule has 0 bridgehead atoms. The van der Waals surface area contributed by atoms with Gasteiger partial charge in [-0.2, -0.15) is 4.98 Å². The fraction of sp³-hybridized carbons (Fsp3) is 0.250. The minimum Gasteiger partial charge on any atom is -0.462 e. The van der Waals surface area contributed by atoms with Gasteiger partial charge in [0, 0.05) is 18.7 Å². The number of rotatable bonds is 6. The molecule has 0 saturated carbocycles. The number of nitrogens with one attached hydrogen (secondary N) is 1. The molecule has 25 heavy (non-hydrogen) atoms. The van der Waals surface area contributed by atoms with E-state index in [2.05, 4.69) is 15.1 Å². The second-order valence-corrected chi connectivity index (χ2v) is 5.17. The van der Waals surface area contributed by atoms with Crippen LogP contribution in [0.4, 0.5) is 0 Å². The number of aromatic amines is 1. The van der Waals surface area contributed by atoms with Crippen molar-refractivity contribution in [3.63, 3.8) is 0 Å². The molecule has 0 fully saturated rings. The summed E-state index contributed by atoms with van der Waals surface area (Å²) < 4.78 is 11.8. The summed E-state index contributed by atoms with van der Waals surface area (Å²) in [6.07, 6.45) is 5.32. The van der Waals surface area contributed by atoms with Gasteiger partial charge in [-0.05, 0) is 18.2 Å². The standard InChI is InChI=1S/C16H16N4O5/c1-2-10-3-4-11(24-10)5-6-13-17-14(19-25-13)12-9-20(7-8-21)16(23)18-15(12)22/h3-6,9,21H,2,7-8H2,1H3,(H,18,22,23)/b6-5+. The molecule has 0 saturated heterocycles. The van der Waals surface area contributed by atoms with Gasteiger partial charge in [0.25, 0.3) is 11.4 Å². The summed E-state index contributed by atoms with van der Waals surface area (Å²) in [7, 11) is 0. The second kappa shape index (κ2) is 7.14. The fourth-order valence-corrected chi connectivity index (χ4v) is 2.18. The van der Waals surface area contributed by atoms with Crippen LogP contribution in [0.1, 0.15) is 24.3 Å². The van der Waals surface area contributed by atoms with E-state index in [1.807, 2.05) is 19.1 Å². The molecule has 3 aromatic rings. The van der Waals surface area contributed by atoms with E-state index in [1.165, 1.54) is 6.20 Å². The highest BCUT2D eigenvalue weighted by Crippen LogP contribution is 2.14. The van der Waals surface area contributed by atoms with Gasteiger partial charge in [-0.1, -0.05) is 12.1 Å². The monoisotopic (exact) mass is 344 g/mol. The molecule has 2 N–H and O–H groups in total. The first-order valence-electron chi connectivity index (χ1n) is 7.66. The number of H-pyrrole nitrogens is 1. The first-order chi connectivity index (χ1) is 12.1. The summed E-state index contributed by atoms with van der Waals surface area (Å²) in [6.45, 7) is 1.80. The van der Waals surface area contributed by atoms with E-state index in [0.29, 0.717) is 5.76 Å². The number of aromatic nitrogens is 4. The minimum absolute atomic E-state index is 0.0429. The zero-order valence-corrected chi connectivity index (χ0v) is 13.4. The van der Waals surface area contributed by atoms with Crippen molar-refractivity contribution < 1.29 is 14.0 Å². The Bertz CT molecular complexity index is 1010. The van der Waals surface area contributed by atoms with E-state index in [4.69, 9.17) is 14.0 Å². The predicted molar refractivity (Wildman–Crippen MR) is 88.7 cm³/mol. The Morgan fingerprint density at radius 2 is 2.16 bits per heavy atom. The molecule has 0 aliphatic heterocycles. The van der Waals surface area contributed by atoms with E-state index in [-0.39, 0.29) is 30.4 Å². The van der Waals surface area contributed by atoms with Gasteiger partial charge in [0.05, 0.1) is 13.2 Å². The molecule has 9 heteroatoms. The third-order valence-electron chi connectivity index (χ3n) is 3.46. The van der Waals surface area contributed by atoms with Gasteiger partial charge in [0.15, 0.2) is 0 Å². The molecule has 0 spiro atoms. The molecular weight excluding hydrogens is 328 g/mol. The van der Waals surface area contributed by atoms with Crippen molar-refractivity contribution in [3.8, 4) is 11.4 Å². The minimum atomic E-state index is -0.630. The van der Waals surface area contributed by atoms with Crippen LogP contribution in [0.3, 0.4) is 0 Å². The number of aryl methyl sites for hydroxylation is 1. The van der Waals surface area contributed by atoms with Crippen LogP contribution >= 0.6 is 0 Å². The van der Waals surface area contributed by atoms with Crippen molar-refractivity contribution in [1.82, 2.24) is 19.7 Å². The summed E-state index contributed by atoms with van der Waals surface area (Å²) in [5, 5.41) is 12.7. The lowest BCUT2D eigenvalue weighted by Crippen LogP contribution is -2.31. The zero-order chi connectivity index (χ0) is 17.8. The largest absolute Gasteiger partial charge is 0.462 e. The third kappa shape index (κ3) is 3.66. The molecule has 0 unspecified atom stereocenters. The van der Waals surface area contributed by atoms with Crippen molar-refractivity contribution >= 4 is 12.2 Å². The van der Waals surface area contributed by atoms with Crippen LogP contribution in [0, 0.1) is 0 Å². The lowest BCUT2D eigenvalue weighted by Gasteiger charge is -2.02. The number of nitrogens with zero attached hydrogens (tertiary/aromatic N) is 3. The maximum absolute atomic E-state index is 11.9. The van der Waals surface area contributed by atoms with Crippen LogP contribution in [-0.4, -0.2) is 31.4 Å². The third-order valence-corrected chi connectivity index (χ3v) is 3.46. The number of furan rings is 1. The Morgan fingerprint density at radius 3 is 2.88 bits per heavy atom. The highest BCUT2D eigenvalue weighted by atomic mass is 16.5. The molecule has 3 heterocycles. The Balaban J connectivity index is 1.87. The van der Waals surface area contributed by atoms with Crippen LogP contribution in [0.2, 0.25) is 0 Å². The first kappa shape index (κ1) is 16.7. The molecule has 130 valence electrons. The lowest BCUT2D eigenvalue weighted by atomic mass is 10.3. The molecule has 9 nitrogen and oxygen atoms in total. The quantitative estimate of drug-likeness (QED) is 0.680. The van der Waals surface area contributed by atoms with Crippen molar-refractivity contribution in [1.29, 1.82) is 0 Å². The average Bonchev–Trinajstić information content (AvgIpc) is 3.24. The molecule has 0 aliphatic rings. The summed E-state index contributed by atoms with van der Waals surface area (Å²) in [5.74, 6) is 1.74. The molecule has 0 radical (unpaired) electrons. The maximum atomic E-state index is 11.9. The van der Waals surface area contributed by atoms with Crippen LogP contribution in [0.25, 0.3) is 23.5 Å². The second-order valence-electron chi connectivity index (χ2n) is 5.17. The van der Waals surface area contributed by atoms with E-state index in [1.54, 1.807) is 12.2 Å². The molecule has 0 aromatic carbocycles. The lowest BCUT2D eigenvalue weighted by molar-refractivity contribution is 0.273. The molecular formula is C16H16N4O5. The Morgan fingerprint density at radius 1 is 1.32 bits per heavy atom. The van der Waals surface area contributed by atoms with Gasteiger partial charge in [0.1, 0.15) is 17.1 Å². The fourth-order valence-electron chi connectivity index (χ4n) is 2.18. The summed E-state index contributed by atoms with van der Waals surface area (Å²) in [5.41, 5.74) is -1.17. The molecule has 0 aliphatic carbocycles. The smallest absolute Gasteiger partial charge is 0.328 e. The number of aliphatic hydroxyl groups is 1. The van der Waals surface area contributed by atoms with Crippen molar-refractivity contribution in [3.05, 3.63) is 56.6 Å². The highest BCUT2D eigenvalue weighted by molar-refractivity contribution is 5.64. The molecule has 3 rings (SSSR count). The van der Waals surface area contributed by atoms with Gasteiger partial charge >= 0.3 is 5.69 Å². The number of hydrogen-bond acceptors (Lipinski definition) is 7. The maximum Gasteiger partial charge on any atom is 0.328 e. The van der Waals surface area contributed by atoms with Crippen LogP contribution in [-0.2, 0) is 13.0 Å². The van der Waals surface area contributed by atoms with Crippen LogP contribution < -0.4 is 11.2 Å². The Hall–Kier alpha value is -3.20. The van der Waals surface area contributed by atoms with Gasteiger partial charge in [0.2, 0.25) is 5.82 Å². The van der Waals surface area contributed by atoms with Gasteiger partial charge in [-0.25, -0.2) is 4.79 Å². The SMILES string of the molecule is CCc1ccc(/C=C/c2nc(-c3cn(CCO)c(=O)[nH]c3=O)no2)o1. The number of hydrogen-bond donors (Lipinski definition) is 2. The van der Waals surface area contributed by atoms with E-state index in [0.717, 1.165) is 16.7 Å². The Kier molecular flexibility index (Phi) is 4.75. The normalized spacial score (nSPS) is 11.4. The van der Waals surface area contributed by atoms with Gasteiger partial charge in [-0.3, -0.25) is 14.3 Å². The van der Waals surface area contributed by atoms with Crippen molar-refractivity contribution in [2.75, 3.05) is 6.61 Å². The van der Waals surface area contributed by atoms with Crippen LogP contribution in [0.15, 0.2) is 36.9 Å². The van der Waals surface area contributed by atoms with E-state index in [9.17, 15) is 9.59 Å². The predicted octanol–water partition coefficient (Wildman–Crippen LogP) is 0.905.